The van der Waals surface area contributed by atoms with E-state index in [0.29, 0.717) is 12.2 Å². The second kappa shape index (κ2) is 8.46. The molecule has 0 spiro atoms. The van der Waals surface area contributed by atoms with Crippen molar-refractivity contribution in [2.75, 3.05) is 11.4 Å². The van der Waals surface area contributed by atoms with Crippen LogP contribution in [0.1, 0.15) is 51.6 Å². The van der Waals surface area contributed by atoms with Crippen molar-refractivity contribution >= 4 is 17.5 Å². The first-order chi connectivity index (χ1) is 14.9. The van der Waals surface area contributed by atoms with Gasteiger partial charge in [0.1, 0.15) is 18.3 Å². The van der Waals surface area contributed by atoms with Crippen LogP contribution in [0.25, 0.3) is 5.69 Å². The quantitative estimate of drug-likeness (QED) is 0.577. The fraction of sp³-hybridized carbons (Fsp3) is 0.360. The second-order valence-corrected chi connectivity index (χ2v) is 8.69. The summed E-state index contributed by atoms with van der Waals surface area (Å²) in [6, 6.07) is 15.1. The molecule has 0 N–H and O–H groups in total. The molecule has 3 aromatic rings. The summed E-state index contributed by atoms with van der Waals surface area (Å²) in [4.78, 5) is 30.1. The highest BCUT2D eigenvalue weighted by Crippen LogP contribution is 2.42. The predicted octanol–water partition coefficient (Wildman–Crippen LogP) is 4.79. The molecule has 0 saturated heterocycles. The highest BCUT2D eigenvalue weighted by Gasteiger charge is 2.38. The van der Waals surface area contributed by atoms with Gasteiger partial charge in [0.25, 0.3) is 0 Å². The molecule has 0 bridgehead atoms. The van der Waals surface area contributed by atoms with Crippen LogP contribution in [0.5, 0.6) is 0 Å². The minimum Gasteiger partial charge on any atom is -0.467 e. The van der Waals surface area contributed by atoms with E-state index in [4.69, 9.17) is 4.42 Å². The minimum absolute atomic E-state index is 0.00145. The number of benzene rings is 1. The van der Waals surface area contributed by atoms with Crippen molar-refractivity contribution in [1.29, 1.82) is 0 Å². The van der Waals surface area contributed by atoms with E-state index in [1.165, 1.54) is 0 Å². The number of carbonyl (C=O) groups excluding carboxylic acids is 2. The summed E-state index contributed by atoms with van der Waals surface area (Å²) in [7, 11) is 0. The zero-order chi connectivity index (χ0) is 22.1. The number of amides is 2. The molecule has 31 heavy (non-hydrogen) atoms. The number of anilines is 1. The van der Waals surface area contributed by atoms with Crippen molar-refractivity contribution in [3.63, 3.8) is 0 Å². The third-order valence-electron chi connectivity index (χ3n) is 5.63. The molecular weight excluding hydrogens is 390 g/mol. The van der Waals surface area contributed by atoms with Gasteiger partial charge in [0, 0.05) is 18.7 Å². The Labute approximate surface area is 183 Å². The topological polar surface area (TPSA) is 58.7 Å². The molecule has 1 aromatic carbocycles. The van der Waals surface area contributed by atoms with Crippen LogP contribution in [-0.2, 0) is 9.59 Å². The molecule has 1 unspecified atom stereocenters. The number of aromatic nitrogens is 1. The maximum atomic E-state index is 13.8. The number of furan rings is 1. The zero-order valence-electron chi connectivity index (χ0n) is 18.5. The third-order valence-corrected chi connectivity index (χ3v) is 5.63. The van der Waals surface area contributed by atoms with E-state index in [2.05, 4.69) is 4.57 Å². The lowest BCUT2D eigenvalue weighted by atomic mass is 10.0. The average Bonchev–Trinajstić information content (AvgIpc) is 3.42. The molecule has 3 heterocycles. The molecule has 1 aliphatic rings. The molecule has 6 heteroatoms. The fourth-order valence-corrected chi connectivity index (χ4v) is 4.22. The van der Waals surface area contributed by atoms with Crippen LogP contribution < -0.4 is 4.90 Å². The highest BCUT2D eigenvalue weighted by molar-refractivity contribution is 6.00. The summed E-state index contributed by atoms with van der Waals surface area (Å²) < 4.78 is 7.85. The first kappa shape index (κ1) is 21.0. The van der Waals surface area contributed by atoms with Crippen molar-refractivity contribution in [3.05, 3.63) is 72.4 Å². The van der Waals surface area contributed by atoms with Gasteiger partial charge < -0.3 is 13.9 Å². The highest BCUT2D eigenvalue weighted by atomic mass is 16.3. The average molecular weight is 420 g/mol. The summed E-state index contributed by atoms with van der Waals surface area (Å²) in [5.74, 6) is 0.791. The largest absolute Gasteiger partial charge is 0.467 e. The SMILES string of the molecule is CC(C)CC(=O)N(CC(=O)N1c2ccccc2-n2cccc2C1c1ccco1)C(C)C. The van der Waals surface area contributed by atoms with Crippen molar-refractivity contribution in [2.24, 2.45) is 5.92 Å². The third kappa shape index (κ3) is 3.90. The first-order valence-electron chi connectivity index (χ1n) is 10.8. The van der Waals surface area contributed by atoms with Gasteiger partial charge in [0.05, 0.1) is 23.3 Å². The number of rotatable bonds is 6. The standard InChI is InChI=1S/C25H29N3O3/c1-17(2)15-23(29)27(18(3)4)16-24(30)28-20-10-6-5-9-19(20)26-13-7-11-21(26)25(28)22-12-8-14-31-22/h5-14,17-18,25H,15-16H2,1-4H3. The van der Waals surface area contributed by atoms with Crippen molar-refractivity contribution in [1.82, 2.24) is 9.47 Å². The Hall–Kier alpha value is -3.28. The van der Waals surface area contributed by atoms with Crippen LogP contribution >= 0.6 is 0 Å². The predicted molar refractivity (Wildman–Crippen MR) is 120 cm³/mol. The van der Waals surface area contributed by atoms with Crippen LogP contribution in [0.4, 0.5) is 5.69 Å². The van der Waals surface area contributed by atoms with E-state index in [9.17, 15) is 9.59 Å². The maximum Gasteiger partial charge on any atom is 0.247 e. The smallest absolute Gasteiger partial charge is 0.247 e. The number of hydrogen-bond acceptors (Lipinski definition) is 3. The van der Waals surface area contributed by atoms with Gasteiger partial charge in [-0.2, -0.15) is 0 Å². The van der Waals surface area contributed by atoms with E-state index in [0.717, 1.165) is 17.1 Å². The van der Waals surface area contributed by atoms with E-state index >= 15 is 0 Å². The summed E-state index contributed by atoms with van der Waals surface area (Å²) in [5, 5.41) is 0. The van der Waals surface area contributed by atoms with E-state index in [-0.39, 0.29) is 30.3 Å². The normalized spacial score (nSPS) is 15.2. The fourth-order valence-electron chi connectivity index (χ4n) is 4.22. The molecule has 1 aliphatic heterocycles. The van der Waals surface area contributed by atoms with Gasteiger partial charge in [-0.25, -0.2) is 0 Å². The van der Waals surface area contributed by atoms with Crippen LogP contribution in [0.3, 0.4) is 0 Å². The molecule has 162 valence electrons. The summed E-state index contributed by atoms with van der Waals surface area (Å²) in [6.07, 6.45) is 4.05. The number of carbonyl (C=O) groups is 2. The number of nitrogens with zero attached hydrogens (tertiary/aromatic N) is 3. The van der Waals surface area contributed by atoms with Crippen LogP contribution in [0.2, 0.25) is 0 Å². The van der Waals surface area contributed by atoms with Crippen LogP contribution in [0.15, 0.2) is 65.4 Å². The van der Waals surface area contributed by atoms with E-state index in [1.54, 1.807) is 16.1 Å². The number of fused-ring (bicyclic) bond motifs is 3. The van der Waals surface area contributed by atoms with Gasteiger partial charge in [-0.1, -0.05) is 26.0 Å². The Morgan fingerprint density at radius 3 is 2.39 bits per heavy atom. The Balaban J connectivity index is 1.76. The Kier molecular flexibility index (Phi) is 5.72. The van der Waals surface area contributed by atoms with Crippen molar-refractivity contribution in [2.45, 2.75) is 46.2 Å². The summed E-state index contributed by atoms with van der Waals surface area (Å²) in [6.45, 7) is 7.95. The molecule has 1 atom stereocenters. The lowest BCUT2D eigenvalue weighted by Gasteiger charge is -2.39. The molecule has 2 aromatic heterocycles. The van der Waals surface area contributed by atoms with Crippen LogP contribution in [0, 0.1) is 5.92 Å². The molecule has 0 saturated carbocycles. The molecule has 0 fully saturated rings. The Bertz CT molecular complexity index is 1070. The molecule has 0 radical (unpaired) electrons. The summed E-state index contributed by atoms with van der Waals surface area (Å²) >= 11 is 0. The monoisotopic (exact) mass is 419 g/mol. The van der Waals surface area contributed by atoms with Gasteiger partial charge in [0.15, 0.2) is 0 Å². The van der Waals surface area contributed by atoms with E-state index < -0.39 is 6.04 Å². The molecular formula is C25H29N3O3. The van der Waals surface area contributed by atoms with Gasteiger partial charge in [-0.15, -0.1) is 0 Å². The van der Waals surface area contributed by atoms with Crippen molar-refractivity contribution < 1.29 is 14.0 Å². The second-order valence-electron chi connectivity index (χ2n) is 8.69. The number of para-hydroxylation sites is 2. The van der Waals surface area contributed by atoms with Crippen molar-refractivity contribution in [3.8, 4) is 5.69 Å². The maximum absolute atomic E-state index is 13.8. The minimum atomic E-state index is -0.401. The lowest BCUT2D eigenvalue weighted by Crippen LogP contribution is -2.48. The first-order valence-corrected chi connectivity index (χ1v) is 10.8. The van der Waals surface area contributed by atoms with Gasteiger partial charge in [0.2, 0.25) is 11.8 Å². The zero-order valence-corrected chi connectivity index (χ0v) is 18.5. The molecule has 4 rings (SSSR count). The Morgan fingerprint density at radius 2 is 1.74 bits per heavy atom. The number of hydrogen-bond donors (Lipinski definition) is 0. The summed E-state index contributed by atoms with van der Waals surface area (Å²) in [5.41, 5.74) is 2.69. The van der Waals surface area contributed by atoms with Gasteiger partial charge >= 0.3 is 0 Å². The molecule has 2 amide bonds. The molecule has 0 aliphatic carbocycles. The van der Waals surface area contributed by atoms with Crippen LogP contribution in [-0.4, -0.2) is 33.9 Å². The molecule has 6 nitrogen and oxygen atoms in total. The lowest BCUT2D eigenvalue weighted by molar-refractivity contribution is -0.137. The Morgan fingerprint density at radius 1 is 1.00 bits per heavy atom. The van der Waals surface area contributed by atoms with E-state index in [1.807, 2.05) is 82.4 Å². The van der Waals surface area contributed by atoms with Gasteiger partial charge in [-0.3, -0.25) is 14.5 Å². The van der Waals surface area contributed by atoms with Gasteiger partial charge in [-0.05, 0) is 56.2 Å².